The molecule has 0 amide bonds. The van der Waals surface area contributed by atoms with E-state index < -0.39 is 5.97 Å². The van der Waals surface area contributed by atoms with Crippen LogP contribution in [0.5, 0.6) is 0 Å². The lowest BCUT2D eigenvalue weighted by Gasteiger charge is -2.06. The molecule has 17 heavy (non-hydrogen) atoms. The van der Waals surface area contributed by atoms with E-state index in [1.54, 1.807) is 6.07 Å². The number of carbonyl (C=O) groups is 1. The van der Waals surface area contributed by atoms with Crippen LogP contribution in [0.3, 0.4) is 0 Å². The first-order valence-electron chi connectivity index (χ1n) is 5.75. The standard InChI is InChI=1S/C12H18N2O3/c1-2-3-7-17-8-6-13-11-5-4-10(9-14-11)12(15)16/h4-5,9H,2-3,6-8H2,1H3,(H,13,14)(H,15,16). The molecule has 5 heteroatoms. The number of unbranched alkanes of at least 4 members (excludes halogenated alkanes) is 1. The first kappa shape index (κ1) is 13.4. The van der Waals surface area contributed by atoms with Crippen molar-refractivity contribution in [2.24, 2.45) is 0 Å². The van der Waals surface area contributed by atoms with Crippen molar-refractivity contribution < 1.29 is 14.6 Å². The number of rotatable bonds is 8. The number of hydrogen-bond donors (Lipinski definition) is 2. The van der Waals surface area contributed by atoms with E-state index in [1.807, 2.05) is 0 Å². The summed E-state index contributed by atoms with van der Waals surface area (Å²) in [6, 6.07) is 3.17. The van der Waals surface area contributed by atoms with Crippen LogP contribution >= 0.6 is 0 Å². The number of ether oxygens (including phenoxy) is 1. The van der Waals surface area contributed by atoms with Gasteiger partial charge < -0.3 is 15.2 Å². The van der Waals surface area contributed by atoms with E-state index in [-0.39, 0.29) is 5.56 Å². The Morgan fingerprint density at radius 3 is 2.88 bits per heavy atom. The zero-order chi connectivity index (χ0) is 12.5. The minimum atomic E-state index is -0.966. The molecule has 0 aliphatic heterocycles. The molecule has 94 valence electrons. The highest BCUT2D eigenvalue weighted by molar-refractivity contribution is 5.87. The quantitative estimate of drug-likeness (QED) is 0.678. The number of anilines is 1. The number of pyridine rings is 1. The smallest absolute Gasteiger partial charge is 0.337 e. The molecule has 0 radical (unpaired) electrons. The van der Waals surface area contributed by atoms with Crippen LogP contribution in [0.4, 0.5) is 5.82 Å². The number of hydrogen-bond acceptors (Lipinski definition) is 4. The Labute approximate surface area is 101 Å². The topological polar surface area (TPSA) is 71.5 Å². The van der Waals surface area contributed by atoms with E-state index in [1.165, 1.54) is 12.3 Å². The van der Waals surface area contributed by atoms with Crippen LogP contribution in [-0.4, -0.2) is 35.8 Å². The maximum atomic E-state index is 10.6. The van der Waals surface area contributed by atoms with E-state index >= 15 is 0 Å². The summed E-state index contributed by atoms with van der Waals surface area (Å²) in [5, 5.41) is 11.8. The van der Waals surface area contributed by atoms with Crippen molar-refractivity contribution in [2.45, 2.75) is 19.8 Å². The van der Waals surface area contributed by atoms with Crippen molar-refractivity contribution in [3.05, 3.63) is 23.9 Å². The average molecular weight is 238 g/mol. The molecule has 1 heterocycles. The Hall–Kier alpha value is -1.62. The molecule has 0 atom stereocenters. The van der Waals surface area contributed by atoms with Gasteiger partial charge in [-0.1, -0.05) is 13.3 Å². The highest BCUT2D eigenvalue weighted by Gasteiger charge is 2.02. The first-order valence-corrected chi connectivity index (χ1v) is 5.75. The summed E-state index contributed by atoms with van der Waals surface area (Å²) in [5.74, 6) is -0.305. The predicted molar refractivity (Wildman–Crippen MR) is 65.4 cm³/mol. The lowest BCUT2D eigenvalue weighted by molar-refractivity contribution is 0.0696. The second-order valence-corrected chi connectivity index (χ2v) is 3.63. The minimum Gasteiger partial charge on any atom is -0.478 e. The Bertz CT molecular complexity index is 338. The van der Waals surface area contributed by atoms with Crippen molar-refractivity contribution in [2.75, 3.05) is 25.1 Å². The molecule has 0 saturated heterocycles. The van der Waals surface area contributed by atoms with Gasteiger partial charge in [-0.2, -0.15) is 0 Å². The van der Waals surface area contributed by atoms with Crippen molar-refractivity contribution >= 4 is 11.8 Å². The number of carboxylic acids is 1. The third kappa shape index (κ3) is 5.31. The summed E-state index contributed by atoms with van der Waals surface area (Å²) >= 11 is 0. The number of nitrogens with zero attached hydrogens (tertiary/aromatic N) is 1. The second-order valence-electron chi connectivity index (χ2n) is 3.63. The molecule has 0 aliphatic carbocycles. The van der Waals surface area contributed by atoms with Gasteiger partial charge >= 0.3 is 5.97 Å². The van der Waals surface area contributed by atoms with E-state index in [4.69, 9.17) is 9.84 Å². The average Bonchev–Trinajstić information content (AvgIpc) is 2.34. The van der Waals surface area contributed by atoms with Crippen molar-refractivity contribution in [1.29, 1.82) is 0 Å². The maximum absolute atomic E-state index is 10.6. The van der Waals surface area contributed by atoms with E-state index in [0.29, 0.717) is 19.0 Å². The lowest BCUT2D eigenvalue weighted by Crippen LogP contribution is -2.11. The van der Waals surface area contributed by atoms with Gasteiger partial charge in [-0.15, -0.1) is 0 Å². The van der Waals surface area contributed by atoms with Gasteiger partial charge in [-0.25, -0.2) is 9.78 Å². The van der Waals surface area contributed by atoms with Gasteiger partial charge in [0.1, 0.15) is 5.82 Å². The van der Waals surface area contributed by atoms with Crippen LogP contribution < -0.4 is 5.32 Å². The molecular weight excluding hydrogens is 220 g/mol. The van der Waals surface area contributed by atoms with Gasteiger partial charge in [0, 0.05) is 19.3 Å². The zero-order valence-corrected chi connectivity index (χ0v) is 9.98. The molecule has 1 aromatic heterocycles. The summed E-state index contributed by atoms with van der Waals surface area (Å²) in [6.45, 7) is 4.20. The Kier molecular flexibility index (Phi) is 6.03. The van der Waals surface area contributed by atoms with Gasteiger partial charge in [-0.3, -0.25) is 0 Å². The summed E-state index contributed by atoms with van der Waals surface area (Å²) in [4.78, 5) is 14.6. The van der Waals surface area contributed by atoms with Gasteiger partial charge in [0.25, 0.3) is 0 Å². The van der Waals surface area contributed by atoms with E-state index in [0.717, 1.165) is 19.4 Å². The number of aromatic nitrogens is 1. The summed E-state index contributed by atoms with van der Waals surface area (Å²) in [6.07, 6.45) is 3.54. The zero-order valence-electron chi connectivity index (χ0n) is 9.98. The van der Waals surface area contributed by atoms with E-state index in [2.05, 4.69) is 17.2 Å². The fraction of sp³-hybridized carbons (Fsp3) is 0.500. The largest absolute Gasteiger partial charge is 0.478 e. The van der Waals surface area contributed by atoms with Crippen molar-refractivity contribution in [3.8, 4) is 0 Å². The molecule has 0 aliphatic rings. The van der Waals surface area contributed by atoms with Gasteiger partial charge in [0.05, 0.1) is 12.2 Å². The number of aromatic carboxylic acids is 1. The van der Waals surface area contributed by atoms with Crippen LogP contribution in [0.2, 0.25) is 0 Å². The number of carboxylic acid groups (broad SMARTS) is 1. The summed E-state index contributed by atoms with van der Waals surface area (Å²) < 4.78 is 5.37. The predicted octanol–water partition coefficient (Wildman–Crippen LogP) is 2.01. The van der Waals surface area contributed by atoms with Gasteiger partial charge in [-0.05, 0) is 18.6 Å². The normalized spacial score (nSPS) is 10.2. The second kappa shape index (κ2) is 7.62. The molecule has 1 aromatic rings. The maximum Gasteiger partial charge on any atom is 0.337 e. The van der Waals surface area contributed by atoms with Crippen molar-refractivity contribution in [1.82, 2.24) is 4.98 Å². The van der Waals surface area contributed by atoms with E-state index in [9.17, 15) is 4.79 Å². The fourth-order valence-corrected chi connectivity index (χ4v) is 1.22. The van der Waals surface area contributed by atoms with Gasteiger partial charge in [0.2, 0.25) is 0 Å². The SMILES string of the molecule is CCCCOCCNc1ccc(C(=O)O)cn1. The molecule has 0 bridgehead atoms. The first-order chi connectivity index (χ1) is 8.24. The van der Waals surface area contributed by atoms with Crippen LogP contribution in [0, 0.1) is 0 Å². The van der Waals surface area contributed by atoms with Gasteiger partial charge in [0.15, 0.2) is 0 Å². The third-order valence-electron chi connectivity index (χ3n) is 2.21. The minimum absolute atomic E-state index is 0.190. The van der Waals surface area contributed by atoms with Crippen LogP contribution in [-0.2, 0) is 4.74 Å². The molecule has 0 fully saturated rings. The Morgan fingerprint density at radius 1 is 1.47 bits per heavy atom. The molecule has 0 unspecified atom stereocenters. The summed E-state index contributed by atoms with van der Waals surface area (Å²) in [5.41, 5.74) is 0.190. The lowest BCUT2D eigenvalue weighted by atomic mass is 10.3. The monoisotopic (exact) mass is 238 g/mol. The van der Waals surface area contributed by atoms with Crippen LogP contribution in [0.25, 0.3) is 0 Å². The van der Waals surface area contributed by atoms with Crippen molar-refractivity contribution in [3.63, 3.8) is 0 Å². The Morgan fingerprint density at radius 2 is 2.29 bits per heavy atom. The third-order valence-corrected chi connectivity index (χ3v) is 2.21. The molecule has 5 nitrogen and oxygen atoms in total. The molecular formula is C12H18N2O3. The van der Waals surface area contributed by atoms with Crippen LogP contribution in [0.1, 0.15) is 30.1 Å². The highest BCUT2D eigenvalue weighted by atomic mass is 16.5. The molecule has 1 rings (SSSR count). The van der Waals surface area contributed by atoms with Crippen LogP contribution in [0.15, 0.2) is 18.3 Å². The number of nitrogens with one attached hydrogen (secondary N) is 1. The molecule has 0 aromatic carbocycles. The fourth-order valence-electron chi connectivity index (χ4n) is 1.22. The summed E-state index contributed by atoms with van der Waals surface area (Å²) in [7, 11) is 0. The highest BCUT2D eigenvalue weighted by Crippen LogP contribution is 2.04. The molecule has 0 saturated carbocycles. The molecule has 2 N–H and O–H groups in total. The molecule has 0 spiro atoms. The Balaban J connectivity index is 2.21.